The van der Waals surface area contributed by atoms with E-state index in [0.717, 1.165) is 26.1 Å². The second-order valence-corrected chi connectivity index (χ2v) is 5.65. The Hall–Kier alpha value is -1.81. The number of nitrogens with zero attached hydrogens (tertiary/aromatic N) is 3. The van der Waals surface area contributed by atoms with E-state index in [4.69, 9.17) is 0 Å². The molecule has 0 aliphatic carbocycles. The molecular formula is C17H24N4. The Kier molecular flexibility index (Phi) is 4.90. The van der Waals surface area contributed by atoms with Crippen molar-refractivity contribution >= 4 is 5.69 Å². The van der Waals surface area contributed by atoms with Gasteiger partial charge in [0.2, 0.25) is 0 Å². The standard InChI is InChI=1S/C17H24N4/c1-2-7-17(21-11-3-4-12-21)16(6-1)14-18-8-5-10-20-13-9-19-15-20/h1-2,6-7,9,13,15,18H,3-5,8,10-12,14H2. The molecule has 0 bridgehead atoms. The second-order valence-electron chi connectivity index (χ2n) is 5.65. The van der Waals surface area contributed by atoms with Gasteiger partial charge >= 0.3 is 0 Å². The lowest BCUT2D eigenvalue weighted by atomic mass is 10.1. The number of benzene rings is 1. The zero-order valence-electron chi connectivity index (χ0n) is 12.5. The van der Waals surface area contributed by atoms with E-state index >= 15 is 0 Å². The number of aromatic nitrogens is 2. The van der Waals surface area contributed by atoms with Gasteiger partial charge in [0.05, 0.1) is 6.33 Å². The maximum Gasteiger partial charge on any atom is 0.0945 e. The average molecular weight is 284 g/mol. The van der Waals surface area contributed by atoms with Crippen LogP contribution in [-0.2, 0) is 13.1 Å². The van der Waals surface area contributed by atoms with Gasteiger partial charge in [0.15, 0.2) is 0 Å². The van der Waals surface area contributed by atoms with Crippen LogP contribution in [0.25, 0.3) is 0 Å². The summed E-state index contributed by atoms with van der Waals surface area (Å²) in [4.78, 5) is 6.58. The molecule has 2 heterocycles. The number of hydrogen-bond acceptors (Lipinski definition) is 3. The Labute approximate surface area is 126 Å². The predicted molar refractivity (Wildman–Crippen MR) is 86.4 cm³/mol. The first kappa shape index (κ1) is 14.1. The minimum atomic E-state index is 0.955. The Balaban J connectivity index is 1.46. The van der Waals surface area contributed by atoms with Crippen LogP contribution in [0.4, 0.5) is 5.69 Å². The van der Waals surface area contributed by atoms with E-state index in [9.17, 15) is 0 Å². The summed E-state index contributed by atoms with van der Waals surface area (Å²) in [5.74, 6) is 0. The molecule has 3 rings (SSSR count). The van der Waals surface area contributed by atoms with E-state index in [1.165, 1.54) is 37.2 Å². The lowest BCUT2D eigenvalue weighted by Crippen LogP contribution is -2.22. The Morgan fingerprint density at radius 1 is 1.14 bits per heavy atom. The average Bonchev–Trinajstić information content (AvgIpc) is 3.21. The first-order valence-electron chi connectivity index (χ1n) is 7.93. The quantitative estimate of drug-likeness (QED) is 0.794. The number of aryl methyl sites for hydroxylation is 1. The molecule has 0 spiro atoms. The summed E-state index contributed by atoms with van der Waals surface area (Å²) >= 11 is 0. The highest BCUT2D eigenvalue weighted by atomic mass is 15.1. The summed E-state index contributed by atoms with van der Waals surface area (Å²) in [7, 11) is 0. The Morgan fingerprint density at radius 3 is 2.81 bits per heavy atom. The van der Waals surface area contributed by atoms with E-state index in [1.807, 2.05) is 18.7 Å². The fourth-order valence-electron chi connectivity index (χ4n) is 2.96. The maximum atomic E-state index is 4.06. The molecule has 0 saturated carbocycles. The van der Waals surface area contributed by atoms with Gasteiger partial charge in [-0.1, -0.05) is 18.2 Å². The zero-order chi connectivity index (χ0) is 14.3. The largest absolute Gasteiger partial charge is 0.371 e. The monoisotopic (exact) mass is 284 g/mol. The SMILES string of the molecule is c1ccc(N2CCCC2)c(CNCCCn2ccnc2)c1. The van der Waals surface area contributed by atoms with Gasteiger partial charge < -0.3 is 14.8 Å². The van der Waals surface area contributed by atoms with Gasteiger partial charge in [0.1, 0.15) is 0 Å². The Bertz CT molecular complexity index is 529. The van der Waals surface area contributed by atoms with Crippen LogP contribution in [0, 0.1) is 0 Å². The van der Waals surface area contributed by atoms with Crippen molar-refractivity contribution in [2.24, 2.45) is 0 Å². The van der Waals surface area contributed by atoms with Crippen molar-refractivity contribution in [1.29, 1.82) is 0 Å². The van der Waals surface area contributed by atoms with Crippen molar-refractivity contribution in [1.82, 2.24) is 14.9 Å². The summed E-state index contributed by atoms with van der Waals surface area (Å²) in [5.41, 5.74) is 2.83. The number of nitrogens with one attached hydrogen (secondary N) is 1. The highest BCUT2D eigenvalue weighted by Crippen LogP contribution is 2.24. The summed E-state index contributed by atoms with van der Waals surface area (Å²) in [5, 5.41) is 3.57. The normalized spacial score (nSPS) is 14.8. The van der Waals surface area contributed by atoms with Gasteiger partial charge in [-0.3, -0.25) is 0 Å². The van der Waals surface area contributed by atoms with Gasteiger partial charge in [-0.25, -0.2) is 4.98 Å². The molecule has 4 heteroatoms. The minimum Gasteiger partial charge on any atom is -0.371 e. The predicted octanol–water partition coefficient (Wildman–Crippen LogP) is 2.66. The van der Waals surface area contributed by atoms with Crippen LogP contribution in [0.5, 0.6) is 0 Å². The highest BCUT2D eigenvalue weighted by molar-refractivity contribution is 5.54. The first-order chi connectivity index (χ1) is 10.4. The molecule has 1 fully saturated rings. The van der Waals surface area contributed by atoms with Crippen LogP contribution in [-0.4, -0.2) is 29.2 Å². The smallest absolute Gasteiger partial charge is 0.0945 e. The fourth-order valence-corrected chi connectivity index (χ4v) is 2.96. The molecule has 2 aromatic rings. The lowest BCUT2D eigenvalue weighted by molar-refractivity contribution is 0.580. The van der Waals surface area contributed by atoms with E-state index in [2.05, 4.69) is 44.0 Å². The molecule has 0 amide bonds. The van der Waals surface area contributed by atoms with Gasteiger partial charge in [0.25, 0.3) is 0 Å². The molecule has 1 saturated heterocycles. The molecule has 112 valence electrons. The number of imidazole rings is 1. The molecule has 1 N–H and O–H groups in total. The van der Waals surface area contributed by atoms with Gasteiger partial charge in [-0.2, -0.15) is 0 Å². The maximum absolute atomic E-state index is 4.06. The van der Waals surface area contributed by atoms with E-state index in [-0.39, 0.29) is 0 Å². The van der Waals surface area contributed by atoms with Crippen LogP contribution >= 0.6 is 0 Å². The number of rotatable bonds is 7. The minimum absolute atomic E-state index is 0.955. The third-order valence-electron chi connectivity index (χ3n) is 4.08. The van der Waals surface area contributed by atoms with Crippen LogP contribution < -0.4 is 10.2 Å². The molecule has 1 aromatic heterocycles. The van der Waals surface area contributed by atoms with Crippen molar-refractivity contribution in [2.45, 2.75) is 32.4 Å². The molecule has 4 nitrogen and oxygen atoms in total. The van der Waals surface area contributed by atoms with Crippen molar-refractivity contribution in [3.05, 3.63) is 48.5 Å². The van der Waals surface area contributed by atoms with Gasteiger partial charge in [0, 0.05) is 44.3 Å². The molecule has 0 unspecified atom stereocenters. The Morgan fingerprint density at radius 2 is 2.00 bits per heavy atom. The van der Waals surface area contributed by atoms with Crippen molar-refractivity contribution < 1.29 is 0 Å². The first-order valence-corrected chi connectivity index (χ1v) is 7.93. The summed E-state index contributed by atoms with van der Waals surface area (Å²) in [6.45, 7) is 5.43. The third kappa shape index (κ3) is 3.85. The molecule has 1 aliphatic rings. The molecular weight excluding hydrogens is 260 g/mol. The lowest BCUT2D eigenvalue weighted by Gasteiger charge is -2.21. The zero-order valence-corrected chi connectivity index (χ0v) is 12.5. The van der Waals surface area contributed by atoms with Crippen molar-refractivity contribution in [2.75, 3.05) is 24.5 Å². The molecule has 1 aromatic carbocycles. The van der Waals surface area contributed by atoms with E-state index in [0.29, 0.717) is 0 Å². The molecule has 21 heavy (non-hydrogen) atoms. The number of anilines is 1. The third-order valence-corrected chi connectivity index (χ3v) is 4.08. The molecule has 0 radical (unpaired) electrons. The second kappa shape index (κ2) is 7.27. The summed E-state index contributed by atoms with van der Waals surface area (Å²) in [6.07, 6.45) is 9.51. The van der Waals surface area contributed by atoms with Gasteiger partial charge in [-0.15, -0.1) is 0 Å². The van der Waals surface area contributed by atoms with E-state index in [1.54, 1.807) is 0 Å². The number of para-hydroxylation sites is 1. The summed E-state index contributed by atoms with van der Waals surface area (Å²) < 4.78 is 2.12. The van der Waals surface area contributed by atoms with Gasteiger partial charge in [-0.05, 0) is 37.4 Å². The van der Waals surface area contributed by atoms with E-state index < -0.39 is 0 Å². The van der Waals surface area contributed by atoms with Crippen LogP contribution in [0.2, 0.25) is 0 Å². The van der Waals surface area contributed by atoms with Crippen LogP contribution in [0.15, 0.2) is 43.0 Å². The van der Waals surface area contributed by atoms with Crippen LogP contribution in [0.1, 0.15) is 24.8 Å². The topological polar surface area (TPSA) is 33.1 Å². The fraction of sp³-hybridized carbons (Fsp3) is 0.471. The number of hydrogen-bond donors (Lipinski definition) is 1. The highest BCUT2D eigenvalue weighted by Gasteiger charge is 2.14. The van der Waals surface area contributed by atoms with Crippen molar-refractivity contribution in [3.8, 4) is 0 Å². The summed E-state index contributed by atoms with van der Waals surface area (Å²) in [6, 6.07) is 8.79. The van der Waals surface area contributed by atoms with Crippen molar-refractivity contribution in [3.63, 3.8) is 0 Å². The van der Waals surface area contributed by atoms with Crippen LogP contribution in [0.3, 0.4) is 0 Å². The molecule has 0 atom stereocenters. The molecule has 1 aliphatic heterocycles.